The summed E-state index contributed by atoms with van der Waals surface area (Å²) in [5.41, 5.74) is 0. The Hall–Kier alpha value is -2.31. The van der Waals surface area contributed by atoms with Crippen molar-refractivity contribution < 1.29 is 23.9 Å². The van der Waals surface area contributed by atoms with E-state index in [1.54, 1.807) is 19.9 Å². The van der Waals surface area contributed by atoms with Gasteiger partial charge in [-0.25, -0.2) is 0 Å². The largest absolute Gasteiger partial charge is 0.481 e. The van der Waals surface area contributed by atoms with E-state index in [9.17, 15) is 14.4 Å². The number of carbonyl (C=O) groups is 3. The lowest BCUT2D eigenvalue weighted by Crippen LogP contribution is -2.47. The molecule has 0 spiro atoms. The highest BCUT2D eigenvalue weighted by Gasteiger charge is 2.24. The van der Waals surface area contributed by atoms with Gasteiger partial charge in [-0.1, -0.05) is 13.8 Å². The number of rotatable bonds is 7. The zero-order valence-electron chi connectivity index (χ0n) is 12.3. The number of furan rings is 1. The third kappa shape index (κ3) is 4.94. The number of carboxylic acids is 1. The molecule has 0 saturated carbocycles. The topological polar surface area (TPSA) is 109 Å². The van der Waals surface area contributed by atoms with Crippen LogP contribution in [-0.4, -0.2) is 35.5 Å². The normalized spacial score (nSPS) is 13.5. The average molecular weight is 296 g/mol. The van der Waals surface area contributed by atoms with Crippen LogP contribution in [0.25, 0.3) is 0 Å². The maximum Gasteiger partial charge on any atom is 0.308 e. The van der Waals surface area contributed by atoms with Crippen molar-refractivity contribution >= 4 is 17.8 Å². The number of carboxylic acid groups (broad SMARTS) is 1. The maximum absolute atomic E-state index is 11.8. The van der Waals surface area contributed by atoms with Crippen LogP contribution in [0.3, 0.4) is 0 Å². The van der Waals surface area contributed by atoms with Gasteiger partial charge in [0.15, 0.2) is 5.76 Å². The van der Waals surface area contributed by atoms with Gasteiger partial charge in [0.2, 0.25) is 5.91 Å². The number of hydrogen-bond donors (Lipinski definition) is 3. The Balaban J connectivity index is 2.47. The lowest BCUT2D eigenvalue weighted by Gasteiger charge is -2.19. The van der Waals surface area contributed by atoms with Crippen molar-refractivity contribution in [1.29, 1.82) is 0 Å². The molecule has 0 bridgehead atoms. The highest BCUT2D eigenvalue weighted by molar-refractivity contribution is 5.95. The van der Waals surface area contributed by atoms with Crippen LogP contribution in [-0.2, 0) is 9.59 Å². The Labute approximate surface area is 122 Å². The molecule has 1 aromatic rings. The van der Waals surface area contributed by atoms with Crippen molar-refractivity contribution in [3.63, 3.8) is 0 Å². The molecule has 7 nitrogen and oxygen atoms in total. The molecule has 0 aromatic carbocycles. The lowest BCUT2D eigenvalue weighted by atomic mass is 9.96. The molecule has 0 fully saturated rings. The number of hydrogen-bond acceptors (Lipinski definition) is 4. The molecule has 0 aliphatic heterocycles. The molecule has 3 N–H and O–H groups in total. The summed E-state index contributed by atoms with van der Waals surface area (Å²) in [6.45, 7) is 5.08. The second kappa shape index (κ2) is 7.47. The van der Waals surface area contributed by atoms with Crippen molar-refractivity contribution in [3.8, 4) is 0 Å². The molecule has 116 valence electrons. The van der Waals surface area contributed by atoms with Crippen molar-refractivity contribution in [2.75, 3.05) is 6.54 Å². The zero-order chi connectivity index (χ0) is 16.0. The van der Waals surface area contributed by atoms with E-state index in [0.717, 1.165) is 0 Å². The Morgan fingerprint density at radius 3 is 2.43 bits per heavy atom. The van der Waals surface area contributed by atoms with Gasteiger partial charge in [-0.3, -0.25) is 14.4 Å². The van der Waals surface area contributed by atoms with Crippen LogP contribution in [0.15, 0.2) is 22.8 Å². The van der Waals surface area contributed by atoms with Crippen LogP contribution < -0.4 is 10.6 Å². The van der Waals surface area contributed by atoms with Gasteiger partial charge < -0.3 is 20.2 Å². The predicted octanol–water partition coefficient (Wildman–Crippen LogP) is 0.871. The molecular weight excluding hydrogens is 276 g/mol. The van der Waals surface area contributed by atoms with Gasteiger partial charge in [-0.15, -0.1) is 0 Å². The van der Waals surface area contributed by atoms with E-state index >= 15 is 0 Å². The van der Waals surface area contributed by atoms with Gasteiger partial charge in [0.25, 0.3) is 5.91 Å². The second-order valence-electron chi connectivity index (χ2n) is 5.11. The van der Waals surface area contributed by atoms with E-state index < -0.39 is 29.7 Å². The van der Waals surface area contributed by atoms with Crippen molar-refractivity contribution in [3.05, 3.63) is 24.2 Å². The maximum atomic E-state index is 11.8. The number of aliphatic carboxylic acids is 1. The molecule has 0 saturated heterocycles. The first-order chi connectivity index (χ1) is 9.82. The summed E-state index contributed by atoms with van der Waals surface area (Å²) >= 11 is 0. The fourth-order valence-corrected chi connectivity index (χ4v) is 1.71. The van der Waals surface area contributed by atoms with E-state index in [2.05, 4.69) is 10.6 Å². The average Bonchev–Trinajstić information content (AvgIpc) is 2.91. The molecule has 0 aliphatic rings. The lowest BCUT2D eigenvalue weighted by molar-refractivity contribution is -0.143. The fraction of sp³-hybridized carbons (Fsp3) is 0.500. The second-order valence-corrected chi connectivity index (χ2v) is 5.11. The van der Waals surface area contributed by atoms with Gasteiger partial charge in [0, 0.05) is 6.54 Å². The molecule has 1 heterocycles. The third-order valence-corrected chi connectivity index (χ3v) is 3.10. The van der Waals surface area contributed by atoms with Crippen LogP contribution in [0, 0.1) is 11.8 Å². The van der Waals surface area contributed by atoms with Gasteiger partial charge in [0.1, 0.15) is 6.04 Å². The predicted molar refractivity (Wildman–Crippen MR) is 74.6 cm³/mol. The van der Waals surface area contributed by atoms with Gasteiger partial charge in [0.05, 0.1) is 12.2 Å². The minimum atomic E-state index is -0.961. The molecule has 0 radical (unpaired) electrons. The van der Waals surface area contributed by atoms with E-state index in [1.165, 1.54) is 19.3 Å². The minimum absolute atomic E-state index is 0.0206. The SMILES string of the molecule is CC(NC(=O)c1ccco1)C(=O)NCC(C(=O)O)C(C)C. The molecule has 2 atom stereocenters. The Bertz CT molecular complexity index is 495. The van der Waals surface area contributed by atoms with Crippen molar-refractivity contribution in [2.45, 2.75) is 26.8 Å². The molecule has 2 amide bonds. The number of amides is 2. The summed E-state index contributed by atoms with van der Waals surface area (Å²) in [4.78, 5) is 34.6. The van der Waals surface area contributed by atoms with E-state index in [-0.39, 0.29) is 18.2 Å². The first-order valence-electron chi connectivity index (χ1n) is 6.67. The van der Waals surface area contributed by atoms with Crippen LogP contribution >= 0.6 is 0 Å². The number of nitrogens with one attached hydrogen (secondary N) is 2. The summed E-state index contributed by atoms with van der Waals surface area (Å²) < 4.78 is 4.92. The molecule has 21 heavy (non-hydrogen) atoms. The molecule has 0 aliphatic carbocycles. The summed E-state index contributed by atoms with van der Waals surface area (Å²) in [5.74, 6) is -2.56. The van der Waals surface area contributed by atoms with Crippen LogP contribution in [0.4, 0.5) is 0 Å². The minimum Gasteiger partial charge on any atom is -0.481 e. The number of carbonyl (C=O) groups excluding carboxylic acids is 2. The monoisotopic (exact) mass is 296 g/mol. The summed E-state index contributed by atoms with van der Waals surface area (Å²) in [6.07, 6.45) is 1.36. The van der Waals surface area contributed by atoms with Crippen LogP contribution in [0.1, 0.15) is 31.3 Å². The van der Waals surface area contributed by atoms with Crippen LogP contribution in [0.2, 0.25) is 0 Å². The Kier molecular flexibility index (Phi) is 5.95. The van der Waals surface area contributed by atoms with Crippen molar-refractivity contribution in [1.82, 2.24) is 10.6 Å². The summed E-state index contributed by atoms with van der Waals surface area (Å²) in [6, 6.07) is 2.27. The van der Waals surface area contributed by atoms with Crippen molar-refractivity contribution in [2.24, 2.45) is 11.8 Å². The summed E-state index contributed by atoms with van der Waals surface area (Å²) in [5, 5.41) is 14.0. The Morgan fingerprint density at radius 1 is 1.29 bits per heavy atom. The fourth-order valence-electron chi connectivity index (χ4n) is 1.71. The zero-order valence-corrected chi connectivity index (χ0v) is 12.3. The first kappa shape index (κ1) is 16.7. The highest BCUT2D eigenvalue weighted by atomic mass is 16.4. The highest BCUT2D eigenvalue weighted by Crippen LogP contribution is 2.09. The third-order valence-electron chi connectivity index (χ3n) is 3.10. The Morgan fingerprint density at radius 2 is 1.95 bits per heavy atom. The van der Waals surface area contributed by atoms with E-state index in [1.807, 2.05) is 0 Å². The van der Waals surface area contributed by atoms with Gasteiger partial charge >= 0.3 is 5.97 Å². The molecule has 2 unspecified atom stereocenters. The van der Waals surface area contributed by atoms with E-state index in [4.69, 9.17) is 9.52 Å². The molecule has 1 aromatic heterocycles. The molecular formula is C14H20N2O5. The summed E-state index contributed by atoms with van der Waals surface area (Å²) in [7, 11) is 0. The van der Waals surface area contributed by atoms with E-state index in [0.29, 0.717) is 0 Å². The first-order valence-corrected chi connectivity index (χ1v) is 6.67. The smallest absolute Gasteiger partial charge is 0.308 e. The van der Waals surface area contributed by atoms with Gasteiger partial charge in [-0.2, -0.15) is 0 Å². The van der Waals surface area contributed by atoms with Gasteiger partial charge in [-0.05, 0) is 25.0 Å². The quantitative estimate of drug-likeness (QED) is 0.692. The molecule has 7 heteroatoms. The molecule has 1 rings (SSSR count). The standard InChI is InChI=1S/C14H20N2O5/c1-8(2)10(14(19)20)7-15-12(17)9(3)16-13(18)11-5-4-6-21-11/h4-6,8-10H,7H2,1-3H3,(H,15,17)(H,16,18)(H,19,20). The van der Waals surface area contributed by atoms with Crippen LogP contribution in [0.5, 0.6) is 0 Å².